The molecule has 3 rings (SSSR count). The van der Waals surface area contributed by atoms with E-state index in [-0.39, 0.29) is 35.2 Å². The van der Waals surface area contributed by atoms with Crippen molar-refractivity contribution in [1.29, 1.82) is 0 Å². The molecule has 1 amide bonds. The number of rotatable bonds is 6. The third kappa shape index (κ3) is 4.09. The first-order chi connectivity index (χ1) is 13.8. The van der Waals surface area contributed by atoms with Crippen molar-refractivity contribution >= 4 is 33.0 Å². The van der Waals surface area contributed by atoms with Gasteiger partial charge in [-0.2, -0.15) is 0 Å². The lowest BCUT2D eigenvalue weighted by Gasteiger charge is -2.34. The molecule has 11 heteroatoms. The number of benzene rings is 2. The Hall–Kier alpha value is -3.34. The molecule has 1 N–H and O–H groups in total. The normalized spacial score (nSPS) is 15.8. The fourth-order valence-corrected chi connectivity index (χ4v) is 4.00. The van der Waals surface area contributed by atoms with E-state index in [1.807, 2.05) is 0 Å². The van der Waals surface area contributed by atoms with Gasteiger partial charge in [-0.1, -0.05) is 12.1 Å². The number of nitrogens with one attached hydrogen (secondary N) is 1. The molecule has 0 aliphatic carbocycles. The summed E-state index contributed by atoms with van der Waals surface area (Å²) in [5.41, 5.74) is 0.205. The van der Waals surface area contributed by atoms with Crippen molar-refractivity contribution in [2.45, 2.75) is 13.0 Å². The molecule has 0 saturated carbocycles. The van der Waals surface area contributed by atoms with E-state index in [1.165, 1.54) is 26.2 Å². The molecule has 0 saturated heterocycles. The van der Waals surface area contributed by atoms with Crippen LogP contribution >= 0.6 is 0 Å². The lowest BCUT2D eigenvalue weighted by Crippen LogP contribution is -2.49. The molecule has 29 heavy (non-hydrogen) atoms. The number of non-ortho nitro benzene ring substituents is 1. The van der Waals surface area contributed by atoms with Gasteiger partial charge in [-0.3, -0.25) is 19.2 Å². The first kappa shape index (κ1) is 20.4. The van der Waals surface area contributed by atoms with Crippen LogP contribution in [0, 0.1) is 10.1 Å². The second-order valence-electron chi connectivity index (χ2n) is 6.14. The average Bonchev–Trinajstić information content (AvgIpc) is 2.72. The molecule has 2 aromatic rings. The van der Waals surface area contributed by atoms with Gasteiger partial charge in [0.05, 0.1) is 35.7 Å². The second kappa shape index (κ2) is 7.95. The topological polar surface area (TPSA) is 128 Å². The highest BCUT2D eigenvalue weighted by molar-refractivity contribution is 7.92. The van der Waals surface area contributed by atoms with Crippen LogP contribution in [0.25, 0.3) is 0 Å². The molecule has 1 aliphatic heterocycles. The Balaban J connectivity index is 1.91. The van der Waals surface area contributed by atoms with Gasteiger partial charge in [0, 0.05) is 12.1 Å². The Labute approximate surface area is 167 Å². The quantitative estimate of drug-likeness (QED) is 0.559. The van der Waals surface area contributed by atoms with E-state index in [9.17, 15) is 23.3 Å². The van der Waals surface area contributed by atoms with E-state index in [0.29, 0.717) is 5.69 Å². The van der Waals surface area contributed by atoms with Crippen LogP contribution in [0.15, 0.2) is 42.5 Å². The van der Waals surface area contributed by atoms with Crippen LogP contribution in [0.5, 0.6) is 11.5 Å². The number of nitrogens with zero attached hydrogens (tertiary/aromatic N) is 2. The summed E-state index contributed by atoms with van der Waals surface area (Å²) in [6, 6.07) is 10.3. The summed E-state index contributed by atoms with van der Waals surface area (Å²) in [5.74, 6) is -0.330. The fourth-order valence-electron chi connectivity index (χ4n) is 2.88. The predicted octanol–water partition coefficient (Wildman–Crippen LogP) is 2.16. The number of para-hydroxylation sites is 2. The van der Waals surface area contributed by atoms with Gasteiger partial charge in [-0.25, -0.2) is 8.42 Å². The average molecular weight is 421 g/mol. The number of fused-ring (bicyclic) bond motifs is 1. The van der Waals surface area contributed by atoms with Crippen LogP contribution in [0.1, 0.15) is 6.92 Å². The number of sulfonamides is 1. The molecule has 1 atom stereocenters. The van der Waals surface area contributed by atoms with Gasteiger partial charge < -0.3 is 14.8 Å². The van der Waals surface area contributed by atoms with Crippen LogP contribution < -0.4 is 19.1 Å². The first-order valence-electron chi connectivity index (χ1n) is 8.66. The lowest BCUT2D eigenvalue weighted by molar-refractivity contribution is -0.384. The molecule has 1 aliphatic rings. The summed E-state index contributed by atoms with van der Waals surface area (Å²) in [7, 11) is -2.28. The standard InChI is InChI=1S/C18H19N3O7S/c1-3-29(25,26)20-11-17(28-16-7-5-4-6-14(16)20)18(22)19-13-10-12(21(23)24)8-9-15(13)27-2/h4-10,17H,3,11H2,1-2H3,(H,19,22)/t17-/m0/s1. The molecule has 0 bridgehead atoms. The van der Waals surface area contributed by atoms with Gasteiger partial charge in [0.1, 0.15) is 11.5 Å². The number of nitro benzene ring substituents is 1. The number of carbonyl (C=O) groups is 1. The minimum absolute atomic E-state index is 0.0825. The number of amides is 1. The van der Waals surface area contributed by atoms with E-state index in [0.717, 1.165) is 10.4 Å². The van der Waals surface area contributed by atoms with Crippen molar-refractivity contribution in [3.63, 3.8) is 0 Å². The van der Waals surface area contributed by atoms with E-state index >= 15 is 0 Å². The molecule has 0 aromatic heterocycles. The molecular formula is C18H19N3O7S. The highest BCUT2D eigenvalue weighted by Gasteiger charge is 2.36. The molecule has 154 valence electrons. The van der Waals surface area contributed by atoms with Gasteiger partial charge >= 0.3 is 0 Å². The first-order valence-corrected chi connectivity index (χ1v) is 10.3. The van der Waals surface area contributed by atoms with Gasteiger partial charge in [0.15, 0.2) is 6.10 Å². The van der Waals surface area contributed by atoms with Crippen molar-refractivity contribution in [1.82, 2.24) is 0 Å². The SMILES string of the molecule is CCS(=O)(=O)N1C[C@@H](C(=O)Nc2cc([N+](=O)[O-])ccc2OC)Oc2ccccc21. The van der Waals surface area contributed by atoms with Gasteiger partial charge in [0.2, 0.25) is 10.0 Å². The predicted molar refractivity (Wildman–Crippen MR) is 106 cm³/mol. The second-order valence-corrected chi connectivity index (χ2v) is 8.32. The van der Waals surface area contributed by atoms with Crippen LogP contribution in [-0.2, 0) is 14.8 Å². The maximum absolute atomic E-state index is 12.8. The van der Waals surface area contributed by atoms with Gasteiger partial charge in [-0.15, -0.1) is 0 Å². The summed E-state index contributed by atoms with van der Waals surface area (Å²) in [5, 5.41) is 13.6. The Bertz CT molecular complexity index is 1060. The van der Waals surface area contributed by atoms with Crippen molar-refractivity contribution in [3.05, 3.63) is 52.6 Å². The zero-order chi connectivity index (χ0) is 21.2. The largest absolute Gasteiger partial charge is 0.495 e. The maximum atomic E-state index is 12.8. The lowest BCUT2D eigenvalue weighted by atomic mass is 10.2. The minimum Gasteiger partial charge on any atom is -0.495 e. The Morgan fingerprint density at radius 1 is 1.34 bits per heavy atom. The molecule has 2 aromatic carbocycles. The van der Waals surface area contributed by atoms with Crippen LogP contribution in [0.3, 0.4) is 0 Å². The number of hydrogen-bond donors (Lipinski definition) is 1. The molecular weight excluding hydrogens is 402 g/mol. The summed E-state index contributed by atoms with van der Waals surface area (Å²) in [6.45, 7) is 1.28. The van der Waals surface area contributed by atoms with Crippen molar-refractivity contribution in [3.8, 4) is 11.5 Å². The third-order valence-corrected chi connectivity index (χ3v) is 6.13. The molecule has 0 radical (unpaired) electrons. The van der Waals surface area contributed by atoms with Crippen molar-refractivity contribution in [2.24, 2.45) is 0 Å². The number of nitro groups is 1. The highest BCUT2D eigenvalue weighted by atomic mass is 32.2. The summed E-state index contributed by atoms with van der Waals surface area (Å²) >= 11 is 0. The van der Waals surface area contributed by atoms with Crippen molar-refractivity contribution in [2.75, 3.05) is 29.0 Å². The molecule has 0 fully saturated rings. The van der Waals surface area contributed by atoms with Crippen LogP contribution in [0.4, 0.5) is 17.1 Å². The summed E-state index contributed by atoms with van der Waals surface area (Å²) < 4.78 is 37.0. The Morgan fingerprint density at radius 3 is 2.72 bits per heavy atom. The van der Waals surface area contributed by atoms with Crippen molar-refractivity contribution < 1.29 is 27.6 Å². The zero-order valence-corrected chi connectivity index (χ0v) is 16.5. The smallest absolute Gasteiger partial charge is 0.271 e. The minimum atomic E-state index is -3.65. The number of methoxy groups -OCH3 is 1. The van der Waals surface area contributed by atoms with Gasteiger partial charge in [0.25, 0.3) is 11.6 Å². The van der Waals surface area contributed by atoms with E-state index in [1.54, 1.807) is 24.3 Å². The maximum Gasteiger partial charge on any atom is 0.271 e. The van der Waals surface area contributed by atoms with Gasteiger partial charge in [-0.05, 0) is 25.1 Å². The summed E-state index contributed by atoms with van der Waals surface area (Å²) in [4.78, 5) is 23.2. The number of carbonyl (C=O) groups excluding carboxylic acids is 1. The van der Waals surface area contributed by atoms with E-state index in [2.05, 4.69) is 5.32 Å². The highest BCUT2D eigenvalue weighted by Crippen LogP contribution is 2.36. The molecule has 10 nitrogen and oxygen atoms in total. The monoisotopic (exact) mass is 421 g/mol. The van der Waals surface area contributed by atoms with Crippen LogP contribution in [0.2, 0.25) is 0 Å². The number of anilines is 2. The zero-order valence-electron chi connectivity index (χ0n) is 15.7. The third-order valence-electron chi connectivity index (χ3n) is 4.38. The van der Waals surface area contributed by atoms with Crippen LogP contribution in [-0.4, -0.2) is 44.8 Å². The summed E-state index contributed by atoms with van der Waals surface area (Å²) in [6.07, 6.45) is -1.16. The molecule has 0 spiro atoms. The molecule has 1 heterocycles. The molecule has 0 unspecified atom stereocenters. The number of ether oxygens (including phenoxy) is 2. The van der Waals surface area contributed by atoms with E-state index in [4.69, 9.17) is 9.47 Å². The fraction of sp³-hybridized carbons (Fsp3) is 0.278. The Kier molecular flexibility index (Phi) is 5.59. The number of hydrogen-bond acceptors (Lipinski definition) is 7. The van der Waals surface area contributed by atoms with E-state index < -0.39 is 27.0 Å². The Morgan fingerprint density at radius 2 is 2.07 bits per heavy atom.